The van der Waals surface area contributed by atoms with Gasteiger partial charge in [-0.3, -0.25) is 0 Å². The molecule has 1 aliphatic carbocycles. The van der Waals surface area contributed by atoms with Gasteiger partial charge in [-0.15, -0.1) is 10.2 Å². The summed E-state index contributed by atoms with van der Waals surface area (Å²) in [6.45, 7) is 7.76. The number of nitrogens with one attached hydrogen (secondary N) is 2. The molecule has 0 amide bonds. The van der Waals surface area contributed by atoms with Crippen LogP contribution in [-0.4, -0.2) is 26.7 Å². The summed E-state index contributed by atoms with van der Waals surface area (Å²) in [5, 5.41) is 17.4. The van der Waals surface area contributed by atoms with Crippen LogP contribution in [0.1, 0.15) is 45.9 Å². The molecule has 16 heavy (non-hydrogen) atoms. The molecule has 1 heterocycles. The number of nitrogens with zero attached hydrogens (tertiary/aromatic N) is 3. The van der Waals surface area contributed by atoms with E-state index < -0.39 is 0 Å². The summed E-state index contributed by atoms with van der Waals surface area (Å²) in [4.78, 5) is 0. The zero-order valence-corrected chi connectivity index (χ0v) is 10.3. The van der Waals surface area contributed by atoms with Crippen molar-refractivity contribution in [3.63, 3.8) is 0 Å². The maximum atomic E-state index is 3.95. The van der Waals surface area contributed by atoms with Crippen LogP contribution in [0.15, 0.2) is 0 Å². The molecule has 1 aliphatic rings. The quantitative estimate of drug-likeness (QED) is 0.815. The van der Waals surface area contributed by atoms with Gasteiger partial charge < -0.3 is 5.32 Å². The Labute approximate surface area is 96.4 Å². The van der Waals surface area contributed by atoms with Crippen LogP contribution in [0.4, 0.5) is 0 Å². The van der Waals surface area contributed by atoms with Crippen LogP contribution in [0.25, 0.3) is 0 Å². The van der Waals surface area contributed by atoms with Crippen molar-refractivity contribution < 1.29 is 0 Å². The summed E-state index contributed by atoms with van der Waals surface area (Å²) in [7, 11) is 0. The SMILES string of the molecule is CC1CC(NCc2nn[nH]n2)CC(C)(C)C1. The highest BCUT2D eigenvalue weighted by atomic mass is 15.5. The number of tetrazole rings is 1. The Morgan fingerprint density at radius 3 is 2.88 bits per heavy atom. The maximum Gasteiger partial charge on any atom is 0.188 e. The fourth-order valence-electron chi connectivity index (χ4n) is 2.99. The summed E-state index contributed by atoms with van der Waals surface area (Å²) < 4.78 is 0. The molecule has 5 nitrogen and oxygen atoms in total. The highest BCUT2D eigenvalue weighted by molar-refractivity contribution is 4.87. The average Bonchev–Trinajstić information content (AvgIpc) is 2.63. The largest absolute Gasteiger partial charge is 0.307 e. The lowest BCUT2D eigenvalue weighted by Gasteiger charge is -2.39. The molecule has 2 N–H and O–H groups in total. The lowest BCUT2D eigenvalue weighted by molar-refractivity contribution is 0.150. The molecule has 2 unspecified atom stereocenters. The Morgan fingerprint density at radius 2 is 2.25 bits per heavy atom. The zero-order valence-electron chi connectivity index (χ0n) is 10.3. The van der Waals surface area contributed by atoms with Crippen molar-refractivity contribution in [2.45, 2.75) is 52.6 Å². The molecule has 1 aromatic rings. The molecule has 0 aliphatic heterocycles. The van der Waals surface area contributed by atoms with Crippen molar-refractivity contribution in [2.24, 2.45) is 11.3 Å². The molecule has 5 heteroatoms. The summed E-state index contributed by atoms with van der Waals surface area (Å²) >= 11 is 0. The van der Waals surface area contributed by atoms with Crippen molar-refractivity contribution >= 4 is 0 Å². The van der Waals surface area contributed by atoms with Crippen molar-refractivity contribution in [3.05, 3.63) is 5.82 Å². The van der Waals surface area contributed by atoms with Gasteiger partial charge in [0.25, 0.3) is 0 Å². The third kappa shape index (κ3) is 3.01. The number of aromatic amines is 1. The second kappa shape index (κ2) is 4.49. The summed E-state index contributed by atoms with van der Waals surface area (Å²) in [6.07, 6.45) is 3.81. The molecular formula is C11H21N5. The first-order valence-corrected chi connectivity index (χ1v) is 6.01. The Kier molecular flexibility index (Phi) is 3.23. The van der Waals surface area contributed by atoms with E-state index in [1.807, 2.05) is 0 Å². The van der Waals surface area contributed by atoms with Crippen LogP contribution >= 0.6 is 0 Å². The molecule has 0 radical (unpaired) electrons. The molecule has 0 aromatic carbocycles. The van der Waals surface area contributed by atoms with Crippen molar-refractivity contribution in [1.82, 2.24) is 25.9 Å². The van der Waals surface area contributed by atoms with Crippen LogP contribution in [0, 0.1) is 11.3 Å². The van der Waals surface area contributed by atoms with Crippen LogP contribution in [0.5, 0.6) is 0 Å². The van der Waals surface area contributed by atoms with Crippen LogP contribution in [0.2, 0.25) is 0 Å². The molecule has 0 spiro atoms. The lowest BCUT2D eigenvalue weighted by atomic mass is 9.70. The zero-order chi connectivity index (χ0) is 11.6. The fourth-order valence-corrected chi connectivity index (χ4v) is 2.99. The first kappa shape index (κ1) is 11.5. The van der Waals surface area contributed by atoms with E-state index in [-0.39, 0.29) is 0 Å². The van der Waals surface area contributed by atoms with Gasteiger partial charge >= 0.3 is 0 Å². The molecule has 1 aromatic heterocycles. The van der Waals surface area contributed by atoms with Crippen LogP contribution in [-0.2, 0) is 6.54 Å². The van der Waals surface area contributed by atoms with E-state index in [1.165, 1.54) is 19.3 Å². The first-order chi connectivity index (χ1) is 7.55. The number of hydrogen-bond donors (Lipinski definition) is 2. The van der Waals surface area contributed by atoms with E-state index in [9.17, 15) is 0 Å². The van der Waals surface area contributed by atoms with Gasteiger partial charge in [-0.25, -0.2) is 0 Å². The van der Waals surface area contributed by atoms with E-state index in [1.54, 1.807) is 0 Å². The third-order valence-electron chi connectivity index (χ3n) is 3.32. The predicted molar refractivity (Wildman–Crippen MR) is 61.6 cm³/mol. The van der Waals surface area contributed by atoms with E-state index in [2.05, 4.69) is 46.7 Å². The second-order valence-electron chi connectivity index (χ2n) is 5.82. The molecule has 2 rings (SSSR count). The molecule has 0 bridgehead atoms. The number of H-pyrrole nitrogens is 1. The standard InChI is InChI=1S/C11H21N5/c1-8-4-9(6-11(2,3)5-8)12-7-10-13-15-16-14-10/h8-9,12H,4-7H2,1-3H3,(H,13,14,15,16). The van der Waals surface area contributed by atoms with Crippen molar-refractivity contribution in [1.29, 1.82) is 0 Å². The fraction of sp³-hybridized carbons (Fsp3) is 0.909. The molecular weight excluding hydrogens is 202 g/mol. The topological polar surface area (TPSA) is 66.5 Å². The Balaban J connectivity index is 1.85. The Morgan fingerprint density at radius 1 is 1.44 bits per heavy atom. The molecule has 1 saturated carbocycles. The lowest BCUT2D eigenvalue weighted by Crippen LogP contribution is -2.40. The number of rotatable bonds is 3. The second-order valence-corrected chi connectivity index (χ2v) is 5.82. The smallest absolute Gasteiger partial charge is 0.188 e. The Bertz CT molecular complexity index is 319. The summed E-state index contributed by atoms with van der Waals surface area (Å²) in [5.41, 5.74) is 0.451. The van der Waals surface area contributed by atoms with Gasteiger partial charge in [-0.2, -0.15) is 5.21 Å². The highest BCUT2D eigenvalue weighted by Crippen LogP contribution is 2.38. The van der Waals surface area contributed by atoms with Gasteiger partial charge in [0.1, 0.15) is 0 Å². The van der Waals surface area contributed by atoms with Crippen LogP contribution in [0.3, 0.4) is 0 Å². The molecule has 2 atom stereocenters. The van der Waals surface area contributed by atoms with Gasteiger partial charge in [-0.1, -0.05) is 26.0 Å². The minimum atomic E-state index is 0.451. The van der Waals surface area contributed by atoms with Gasteiger partial charge in [0.15, 0.2) is 5.82 Å². The first-order valence-electron chi connectivity index (χ1n) is 6.01. The minimum Gasteiger partial charge on any atom is -0.307 e. The maximum absolute atomic E-state index is 3.95. The summed E-state index contributed by atoms with van der Waals surface area (Å²) in [6, 6.07) is 0.581. The van der Waals surface area contributed by atoms with E-state index >= 15 is 0 Å². The van der Waals surface area contributed by atoms with E-state index in [0.29, 0.717) is 18.0 Å². The van der Waals surface area contributed by atoms with Crippen molar-refractivity contribution in [3.8, 4) is 0 Å². The van der Waals surface area contributed by atoms with Gasteiger partial charge in [0.05, 0.1) is 6.54 Å². The monoisotopic (exact) mass is 223 g/mol. The molecule has 0 saturated heterocycles. The normalized spacial score (nSPS) is 29.2. The summed E-state index contributed by atoms with van der Waals surface area (Å²) in [5.74, 6) is 1.54. The van der Waals surface area contributed by atoms with Gasteiger partial charge in [-0.05, 0) is 30.6 Å². The number of aromatic nitrogens is 4. The molecule has 90 valence electrons. The van der Waals surface area contributed by atoms with Gasteiger partial charge in [0, 0.05) is 6.04 Å². The van der Waals surface area contributed by atoms with E-state index in [4.69, 9.17) is 0 Å². The van der Waals surface area contributed by atoms with E-state index in [0.717, 1.165) is 11.7 Å². The van der Waals surface area contributed by atoms with Gasteiger partial charge in [0.2, 0.25) is 0 Å². The number of hydrogen-bond acceptors (Lipinski definition) is 4. The van der Waals surface area contributed by atoms with Crippen LogP contribution < -0.4 is 5.32 Å². The predicted octanol–water partition coefficient (Wildman–Crippen LogP) is 1.50. The van der Waals surface area contributed by atoms with Crippen molar-refractivity contribution in [2.75, 3.05) is 0 Å². The highest BCUT2D eigenvalue weighted by Gasteiger charge is 2.31. The Hall–Kier alpha value is -0.970. The average molecular weight is 223 g/mol. The molecule has 1 fully saturated rings. The third-order valence-corrected chi connectivity index (χ3v) is 3.32. The minimum absolute atomic E-state index is 0.451.